The SMILES string of the molecule is Cc1ccc2c(c1)c(=O)n(Cc1ccc(Cl)cc1)c(=O)n2C. The summed E-state index contributed by atoms with van der Waals surface area (Å²) in [7, 11) is 1.68. The fourth-order valence-corrected chi connectivity index (χ4v) is 2.67. The average molecular weight is 315 g/mol. The van der Waals surface area contributed by atoms with Gasteiger partial charge in [-0.2, -0.15) is 0 Å². The molecular weight excluding hydrogens is 300 g/mol. The molecule has 0 aliphatic heterocycles. The Bertz CT molecular complexity index is 969. The predicted molar refractivity (Wildman–Crippen MR) is 88.7 cm³/mol. The van der Waals surface area contributed by atoms with Crippen LogP contribution < -0.4 is 11.2 Å². The Morgan fingerprint density at radius 1 is 1.05 bits per heavy atom. The summed E-state index contributed by atoms with van der Waals surface area (Å²) >= 11 is 5.86. The van der Waals surface area contributed by atoms with E-state index >= 15 is 0 Å². The molecule has 5 heteroatoms. The minimum atomic E-state index is -0.323. The number of rotatable bonds is 2. The number of fused-ring (bicyclic) bond motifs is 1. The number of halogens is 1. The van der Waals surface area contributed by atoms with Crippen LogP contribution in [0, 0.1) is 6.92 Å². The van der Waals surface area contributed by atoms with E-state index in [1.807, 2.05) is 31.2 Å². The van der Waals surface area contributed by atoms with Crippen LogP contribution in [0.25, 0.3) is 10.9 Å². The summed E-state index contributed by atoms with van der Waals surface area (Å²) in [6.45, 7) is 2.15. The van der Waals surface area contributed by atoms with Gasteiger partial charge in [0.25, 0.3) is 5.56 Å². The number of benzene rings is 2. The molecule has 0 spiro atoms. The molecule has 0 N–H and O–H groups in total. The van der Waals surface area contributed by atoms with Crippen molar-refractivity contribution in [3.8, 4) is 0 Å². The zero-order valence-corrected chi connectivity index (χ0v) is 13.1. The van der Waals surface area contributed by atoms with Gasteiger partial charge in [0, 0.05) is 12.1 Å². The Hall–Kier alpha value is -2.33. The van der Waals surface area contributed by atoms with Gasteiger partial charge in [-0.3, -0.25) is 13.9 Å². The first kappa shape index (κ1) is 14.6. The Labute approximate surface area is 132 Å². The molecule has 3 aromatic rings. The van der Waals surface area contributed by atoms with Crippen LogP contribution in [0.2, 0.25) is 5.02 Å². The molecule has 0 radical (unpaired) electrons. The third-order valence-electron chi connectivity index (χ3n) is 3.76. The van der Waals surface area contributed by atoms with Crippen LogP contribution in [0.3, 0.4) is 0 Å². The molecule has 0 bridgehead atoms. The molecule has 0 unspecified atom stereocenters. The van der Waals surface area contributed by atoms with E-state index in [-0.39, 0.29) is 17.8 Å². The van der Waals surface area contributed by atoms with Gasteiger partial charge in [-0.1, -0.05) is 35.4 Å². The maximum absolute atomic E-state index is 12.6. The molecule has 22 heavy (non-hydrogen) atoms. The summed E-state index contributed by atoms with van der Waals surface area (Å²) in [5.41, 5.74) is 1.90. The van der Waals surface area contributed by atoms with Crippen LogP contribution in [-0.4, -0.2) is 9.13 Å². The van der Waals surface area contributed by atoms with Crippen molar-refractivity contribution in [1.29, 1.82) is 0 Å². The minimum absolute atomic E-state index is 0.229. The van der Waals surface area contributed by atoms with E-state index in [4.69, 9.17) is 11.6 Å². The van der Waals surface area contributed by atoms with Crippen LogP contribution in [0.15, 0.2) is 52.1 Å². The van der Waals surface area contributed by atoms with Crippen molar-refractivity contribution < 1.29 is 0 Å². The molecule has 4 nitrogen and oxygen atoms in total. The smallest absolute Gasteiger partial charge is 0.296 e. The molecule has 0 aliphatic carbocycles. The van der Waals surface area contributed by atoms with E-state index in [9.17, 15) is 9.59 Å². The molecule has 0 amide bonds. The Morgan fingerprint density at radius 2 is 1.73 bits per heavy atom. The van der Waals surface area contributed by atoms with E-state index in [1.54, 1.807) is 25.2 Å². The molecule has 0 saturated heterocycles. The van der Waals surface area contributed by atoms with Crippen molar-refractivity contribution in [2.45, 2.75) is 13.5 Å². The Morgan fingerprint density at radius 3 is 2.41 bits per heavy atom. The summed E-state index contributed by atoms with van der Waals surface area (Å²) in [5, 5.41) is 1.18. The largest absolute Gasteiger partial charge is 0.331 e. The van der Waals surface area contributed by atoms with Crippen molar-refractivity contribution in [1.82, 2.24) is 9.13 Å². The van der Waals surface area contributed by atoms with Crippen molar-refractivity contribution in [3.05, 3.63) is 79.5 Å². The number of aromatic nitrogens is 2. The van der Waals surface area contributed by atoms with Crippen LogP contribution in [0.5, 0.6) is 0 Å². The highest BCUT2D eigenvalue weighted by atomic mass is 35.5. The zero-order valence-electron chi connectivity index (χ0n) is 12.3. The van der Waals surface area contributed by atoms with Crippen molar-refractivity contribution in [2.24, 2.45) is 7.05 Å². The number of aryl methyl sites for hydroxylation is 2. The number of nitrogens with zero attached hydrogens (tertiary/aromatic N) is 2. The standard InChI is InChI=1S/C17H15ClN2O2/c1-11-3-8-15-14(9-11)16(21)20(17(22)19(15)2)10-12-4-6-13(18)7-5-12/h3-9H,10H2,1-2H3. The number of hydrogen-bond acceptors (Lipinski definition) is 2. The van der Waals surface area contributed by atoms with Gasteiger partial charge < -0.3 is 0 Å². The van der Waals surface area contributed by atoms with Crippen LogP contribution in [0.4, 0.5) is 0 Å². The van der Waals surface area contributed by atoms with Crippen molar-refractivity contribution in [3.63, 3.8) is 0 Å². The second-order valence-corrected chi connectivity index (χ2v) is 5.82. The lowest BCUT2D eigenvalue weighted by Crippen LogP contribution is -2.39. The van der Waals surface area contributed by atoms with Gasteiger partial charge in [-0.25, -0.2) is 4.79 Å². The maximum atomic E-state index is 12.6. The first-order chi connectivity index (χ1) is 10.5. The fraction of sp³-hybridized carbons (Fsp3) is 0.176. The van der Waals surface area contributed by atoms with E-state index < -0.39 is 0 Å². The summed E-state index contributed by atoms with van der Waals surface area (Å²) in [6.07, 6.45) is 0. The van der Waals surface area contributed by atoms with E-state index in [0.29, 0.717) is 15.9 Å². The third kappa shape index (κ3) is 2.46. The molecule has 0 saturated carbocycles. The zero-order chi connectivity index (χ0) is 15.9. The predicted octanol–water partition coefficient (Wildman–Crippen LogP) is 2.71. The highest BCUT2D eigenvalue weighted by Crippen LogP contribution is 2.12. The quantitative estimate of drug-likeness (QED) is 0.730. The van der Waals surface area contributed by atoms with Gasteiger partial charge in [-0.15, -0.1) is 0 Å². The molecule has 2 aromatic carbocycles. The maximum Gasteiger partial charge on any atom is 0.331 e. The molecule has 1 heterocycles. The monoisotopic (exact) mass is 314 g/mol. The van der Waals surface area contributed by atoms with E-state index in [2.05, 4.69) is 0 Å². The summed E-state index contributed by atoms with van der Waals surface area (Å²) in [6, 6.07) is 12.6. The van der Waals surface area contributed by atoms with Crippen LogP contribution in [0.1, 0.15) is 11.1 Å². The number of hydrogen-bond donors (Lipinski definition) is 0. The first-order valence-electron chi connectivity index (χ1n) is 6.92. The van der Waals surface area contributed by atoms with Crippen LogP contribution in [-0.2, 0) is 13.6 Å². The van der Waals surface area contributed by atoms with Gasteiger partial charge in [0.05, 0.1) is 17.4 Å². The summed E-state index contributed by atoms with van der Waals surface area (Å²) in [4.78, 5) is 25.1. The lowest BCUT2D eigenvalue weighted by Gasteiger charge is -2.11. The van der Waals surface area contributed by atoms with Gasteiger partial charge >= 0.3 is 5.69 Å². The Kier molecular flexibility index (Phi) is 3.62. The lowest BCUT2D eigenvalue weighted by atomic mass is 10.1. The third-order valence-corrected chi connectivity index (χ3v) is 4.01. The normalized spacial score (nSPS) is 11.0. The lowest BCUT2D eigenvalue weighted by molar-refractivity contribution is 0.660. The second-order valence-electron chi connectivity index (χ2n) is 5.38. The highest BCUT2D eigenvalue weighted by Gasteiger charge is 2.11. The molecule has 0 atom stereocenters. The highest BCUT2D eigenvalue weighted by molar-refractivity contribution is 6.30. The molecule has 0 fully saturated rings. The molecule has 1 aromatic heterocycles. The van der Waals surface area contributed by atoms with Gasteiger partial charge in [0.15, 0.2) is 0 Å². The summed E-state index contributed by atoms with van der Waals surface area (Å²) in [5.74, 6) is 0. The average Bonchev–Trinajstić information content (AvgIpc) is 2.51. The molecule has 0 aliphatic rings. The Balaban J connectivity index is 2.23. The van der Waals surface area contributed by atoms with E-state index in [0.717, 1.165) is 11.1 Å². The fourth-order valence-electron chi connectivity index (χ4n) is 2.54. The van der Waals surface area contributed by atoms with Crippen molar-refractivity contribution in [2.75, 3.05) is 0 Å². The van der Waals surface area contributed by atoms with Crippen molar-refractivity contribution >= 4 is 22.5 Å². The van der Waals surface area contributed by atoms with Gasteiger partial charge in [0.2, 0.25) is 0 Å². The molecule has 3 rings (SSSR count). The summed E-state index contributed by atoms with van der Waals surface area (Å²) < 4.78 is 2.76. The molecule has 112 valence electrons. The molecular formula is C17H15ClN2O2. The van der Waals surface area contributed by atoms with E-state index in [1.165, 1.54) is 9.13 Å². The van der Waals surface area contributed by atoms with Gasteiger partial charge in [0.1, 0.15) is 0 Å². The minimum Gasteiger partial charge on any atom is -0.296 e. The van der Waals surface area contributed by atoms with Crippen LogP contribution >= 0.6 is 11.6 Å². The topological polar surface area (TPSA) is 44.0 Å². The second kappa shape index (κ2) is 5.46. The van der Waals surface area contributed by atoms with Gasteiger partial charge in [-0.05, 0) is 36.8 Å². The first-order valence-corrected chi connectivity index (χ1v) is 7.30.